The second kappa shape index (κ2) is 7.41. The highest BCUT2D eigenvalue weighted by molar-refractivity contribution is 4.94. The Morgan fingerprint density at radius 2 is 2.25 bits per heavy atom. The molecule has 1 aromatic rings. The number of nitrogens with one attached hydrogen (secondary N) is 1. The van der Waals surface area contributed by atoms with Crippen molar-refractivity contribution in [2.75, 3.05) is 19.8 Å². The molecule has 92 valence electrons. The van der Waals surface area contributed by atoms with Crippen LogP contribution in [0.2, 0.25) is 0 Å². The fourth-order valence-electron chi connectivity index (χ4n) is 1.36. The fraction of sp³-hybridized carbons (Fsp3) is 0.750. The smallest absolute Gasteiger partial charge is 0.195 e. The van der Waals surface area contributed by atoms with E-state index in [1.807, 2.05) is 6.92 Å². The number of aromatic nitrogens is 1. The van der Waals surface area contributed by atoms with E-state index in [1.165, 1.54) is 0 Å². The lowest BCUT2D eigenvalue weighted by molar-refractivity contribution is 0.146. The molecular formula is C12H22N2O2. The highest BCUT2D eigenvalue weighted by Crippen LogP contribution is 2.05. The lowest BCUT2D eigenvalue weighted by Crippen LogP contribution is -2.24. The summed E-state index contributed by atoms with van der Waals surface area (Å²) in [6.07, 6.45) is 3.44. The first-order chi connectivity index (χ1) is 7.72. The number of oxazole rings is 1. The van der Waals surface area contributed by atoms with Crippen LogP contribution in [0, 0.1) is 0 Å². The lowest BCUT2D eigenvalue weighted by Gasteiger charge is -2.05. The van der Waals surface area contributed by atoms with Crippen LogP contribution in [-0.2, 0) is 17.6 Å². The van der Waals surface area contributed by atoms with E-state index in [4.69, 9.17) is 9.15 Å². The maximum Gasteiger partial charge on any atom is 0.195 e. The van der Waals surface area contributed by atoms with Crippen LogP contribution in [0.1, 0.15) is 32.4 Å². The van der Waals surface area contributed by atoms with Crippen LogP contribution in [0.15, 0.2) is 10.6 Å². The third-order valence-corrected chi connectivity index (χ3v) is 2.19. The molecule has 0 aliphatic heterocycles. The van der Waals surface area contributed by atoms with Crippen molar-refractivity contribution in [1.29, 1.82) is 0 Å². The zero-order valence-corrected chi connectivity index (χ0v) is 10.5. The number of hydrogen-bond donors (Lipinski definition) is 1. The summed E-state index contributed by atoms with van der Waals surface area (Å²) in [5, 5.41) is 3.33. The van der Waals surface area contributed by atoms with Crippen molar-refractivity contribution in [3.63, 3.8) is 0 Å². The predicted octanol–water partition coefficient (Wildman–Crippen LogP) is 1.79. The quantitative estimate of drug-likeness (QED) is 0.687. The average molecular weight is 226 g/mol. The van der Waals surface area contributed by atoms with Crippen molar-refractivity contribution >= 4 is 0 Å². The van der Waals surface area contributed by atoms with Gasteiger partial charge in [-0.3, -0.25) is 0 Å². The van der Waals surface area contributed by atoms with Gasteiger partial charge in [-0.15, -0.1) is 0 Å². The summed E-state index contributed by atoms with van der Waals surface area (Å²) in [6, 6.07) is 0.507. The van der Waals surface area contributed by atoms with Gasteiger partial charge in [0.15, 0.2) is 5.89 Å². The van der Waals surface area contributed by atoms with Crippen molar-refractivity contribution in [2.24, 2.45) is 0 Å². The number of hydrogen-bond acceptors (Lipinski definition) is 4. The van der Waals surface area contributed by atoms with Crippen LogP contribution in [0.5, 0.6) is 0 Å². The minimum atomic E-state index is 0.507. The largest absolute Gasteiger partial charge is 0.446 e. The molecule has 0 unspecified atom stereocenters. The molecule has 0 bridgehead atoms. The molecule has 0 saturated heterocycles. The summed E-state index contributed by atoms with van der Waals surface area (Å²) >= 11 is 0. The van der Waals surface area contributed by atoms with Crippen molar-refractivity contribution in [3.8, 4) is 0 Å². The minimum absolute atomic E-state index is 0.507. The van der Waals surface area contributed by atoms with Gasteiger partial charge in [-0.2, -0.15) is 0 Å². The van der Waals surface area contributed by atoms with Crippen LogP contribution >= 0.6 is 0 Å². The van der Waals surface area contributed by atoms with E-state index in [0.717, 1.165) is 37.6 Å². The molecule has 0 aliphatic rings. The average Bonchev–Trinajstić information content (AvgIpc) is 2.66. The highest BCUT2D eigenvalue weighted by atomic mass is 16.5. The Morgan fingerprint density at radius 3 is 2.94 bits per heavy atom. The molecule has 4 nitrogen and oxygen atoms in total. The fourth-order valence-corrected chi connectivity index (χ4v) is 1.36. The molecule has 4 heteroatoms. The molecule has 0 fully saturated rings. The predicted molar refractivity (Wildman–Crippen MR) is 63.5 cm³/mol. The molecule has 0 saturated carbocycles. The van der Waals surface area contributed by atoms with Gasteiger partial charge in [0.05, 0.1) is 12.8 Å². The van der Waals surface area contributed by atoms with Crippen molar-refractivity contribution in [1.82, 2.24) is 10.3 Å². The van der Waals surface area contributed by atoms with Gasteiger partial charge in [-0.05, 0) is 6.92 Å². The van der Waals surface area contributed by atoms with Gasteiger partial charge in [-0.1, -0.05) is 13.8 Å². The first kappa shape index (κ1) is 13.2. The molecule has 1 aromatic heterocycles. The lowest BCUT2D eigenvalue weighted by atomic mass is 10.3. The third-order valence-electron chi connectivity index (χ3n) is 2.19. The third kappa shape index (κ3) is 5.28. The van der Waals surface area contributed by atoms with E-state index >= 15 is 0 Å². The Morgan fingerprint density at radius 1 is 1.44 bits per heavy atom. The van der Waals surface area contributed by atoms with Crippen molar-refractivity contribution in [3.05, 3.63) is 17.8 Å². The van der Waals surface area contributed by atoms with Gasteiger partial charge in [0.2, 0.25) is 0 Å². The number of rotatable bonds is 8. The minimum Gasteiger partial charge on any atom is -0.446 e. The normalized spacial score (nSPS) is 11.2. The van der Waals surface area contributed by atoms with Gasteiger partial charge >= 0.3 is 0 Å². The molecule has 1 heterocycles. The Bertz CT molecular complexity index is 284. The van der Waals surface area contributed by atoms with Gasteiger partial charge < -0.3 is 14.5 Å². The molecule has 16 heavy (non-hydrogen) atoms. The zero-order chi connectivity index (χ0) is 11.8. The topological polar surface area (TPSA) is 47.3 Å². The van der Waals surface area contributed by atoms with Crippen LogP contribution in [0.3, 0.4) is 0 Å². The molecular weight excluding hydrogens is 204 g/mol. The van der Waals surface area contributed by atoms with Crippen LogP contribution in [-0.4, -0.2) is 30.8 Å². The van der Waals surface area contributed by atoms with E-state index in [1.54, 1.807) is 6.20 Å². The van der Waals surface area contributed by atoms with Crippen LogP contribution in [0.25, 0.3) is 0 Å². The Kier molecular flexibility index (Phi) is 6.11. The Labute approximate surface area is 97.4 Å². The standard InChI is InChI=1S/C12H22N2O2/c1-4-15-8-6-11-9-14-12(16-11)5-7-13-10(2)3/h9-10,13H,4-8H2,1-3H3. The molecule has 0 spiro atoms. The molecule has 1 rings (SSSR count). The monoisotopic (exact) mass is 226 g/mol. The molecule has 0 aliphatic carbocycles. The number of ether oxygens (including phenoxy) is 1. The Balaban J connectivity index is 2.22. The summed E-state index contributed by atoms with van der Waals surface area (Å²) in [5.74, 6) is 1.72. The molecule has 0 atom stereocenters. The maximum absolute atomic E-state index is 5.58. The molecule has 0 aromatic carbocycles. The summed E-state index contributed by atoms with van der Waals surface area (Å²) in [5.41, 5.74) is 0. The zero-order valence-electron chi connectivity index (χ0n) is 10.5. The molecule has 0 radical (unpaired) electrons. The van der Waals surface area contributed by atoms with Gasteiger partial charge in [0, 0.05) is 32.0 Å². The molecule has 1 N–H and O–H groups in total. The second-order valence-corrected chi connectivity index (χ2v) is 4.03. The first-order valence-corrected chi connectivity index (χ1v) is 5.97. The van der Waals surface area contributed by atoms with Crippen molar-refractivity contribution < 1.29 is 9.15 Å². The van der Waals surface area contributed by atoms with Gasteiger partial charge in [0.1, 0.15) is 5.76 Å². The van der Waals surface area contributed by atoms with E-state index in [0.29, 0.717) is 12.6 Å². The van der Waals surface area contributed by atoms with E-state index in [9.17, 15) is 0 Å². The summed E-state index contributed by atoms with van der Waals surface area (Å²) in [6.45, 7) is 8.60. The van der Waals surface area contributed by atoms with Crippen LogP contribution < -0.4 is 5.32 Å². The summed E-state index contributed by atoms with van der Waals surface area (Å²) < 4.78 is 10.8. The van der Waals surface area contributed by atoms with E-state index in [-0.39, 0.29) is 0 Å². The number of nitrogens with zero attached hydrogens (tertiary/aromatic N) is 1. The Hall–Kier alpha value is -0.870. The van der Waals surface area contributed by atoms with Gasteiger partial charge in [-0.25, -0.2) is 4.98 Å². The van der Waals surface area contributed by atoms with E-state index < -0.39 is 0 Å². The first-order valence-electron chi connectivity index (χ1n) is 5.97. The van der Waals surface area contributed by atoms with E-state index in [2.05, 4.69) is 24.1 Å². The van der Waals surface area contributed by atoms with Crippen molar-refractivity contribution in [2.45, 2.75) is 39.7 Å². The maximum atomic E-state index is 5.58. The highest BCUT2D eigenvalue weighted by Gasteiger charge is 2.03. The molecule has 0 amide bonds. The second-order valence-electron chi connectivity index (χ2n) is 4.03. The summed E-state index contributed by atoms with van der Waals surface area (Å²) in [7, 11) is 0. The summed E-state index contributed by atoms with van der Waals surface area (Å²) in [4.78, 5) is 4.23. The van der Waals surface area contributed by atoms with Gasteiger partial charge in [0.25, 0.3) is 0 Å². The van der Waals surface area contributed by atoms with Crippen LogP contribution in [0.4, 0.5) is 0 Å². The SMILES string of the molecule is CCOCCc1cnc(CCNC(C)C)o1.